The smallest absolute Gasteiger partial charge is 0.237 e. The van der Waals surface area contributed by atoms with Crippen molar-refractivity contribution in [3.8, 4) is 11.6 Å². The highest BCUT2D eigenvalue weighted by Crippen LogP contribution is 2.52. The number of amides is 2. The number of nitrogens with zero attached hydrogens (tertiary/aromatic N) is 3. The number of halogens is 1. The SMILES string of the molecule is C=C(Nc1ccc(Oc2ccc3nc(NC(=O)C4CC4)cn3n2)c(F)c1)C1(C(=O)NC2CC2)CC1. The van der Waals surface area contributed by atoms with Gasteiger partial charge in [0.25, 0.3) is 0 Å². The summed E-state index contributed by atoms with van der Waals surface area (Å²) in [5.74, 6) is 0.0240. The van der Waals surface area contributed by atoms with Gasteiger partial charge in [-0.15, -0.1) is 5.10 Å². The number of anilines is 2. The molecule has 3 aliphatic rings. The Kier molecular flexibility index (Phi) is 4.98. The van der Waals surface area contributed by atoms with Crippen LogP contribution in [0.2, 0.25) is 0 Å². The van der Waals surface area contributed by atoms with Gasteiger partial charge in [0.2, 0.25) is 17.7 Å². The largest absolute Gasteiger partial charge is 0.434 e. The molecule has 2 aromatic heterocycles. The summed E-state index contributed by atoms with van der Waals surface area (Å²) in [4.78, 5) is 28.8. The van der Waals surface area contributed by atoms with Gasteiger partial charge in [0.1, 0.15) is 0 Å². The van der Waals surface area contributed by atoms with Gasteiger partial charge in [-0.25, -0.2) is 13.9 Å². The lowest BCUT2D eigenvalue weighted by Crippen LogP contribution is -2.36. The van der Waals surface area contributed by atoms with Crippen LogP contribution in [0.25, 0.3) is 5.65 Å². The van der Waals surface area contributed by atoms with Gasteiger partial charge in [-0.2, -0.15) is 0 Å². The quantitative estimate of drug-likeness (QED) is 0.431. The number of fused-ring (bicyclic) bond motifs is 1. The van der Waals surface area contributed by atoms with E-state index in [-0.39, 0.29) is 35.4 Å². The summed E-state index contributed by atoms with van der Waals surface area (Å²) in [7, 11) is 0. The van der Waals surface area contributed by atoms with E-state index in [2.05, 4.69) is 32.6 Å². The van der Waals surface area contributed by atoms with Crippen LogP contribution < -0.4 is 20.7 Å². The molecule has 2 amide bonds. The number of carbonyl (C=O) groups excluding carboxylic acids is 2. The van der Waals surface area contributed by atoms with Crippen molar-refractivity contribution < 1.29 is 18.7 Å². The van der Waals surface area contributed by atoms with Crippen LogP contribution in [0.3, 0.4) is 0 Å². The fourth-order valence-corrected chi connectivity index (χ4v) is 3.96. The molecule has 0 radical (unpaired) electrons. The molecule has 0 unspecified atom stereocenters. The molecule has 35 heavy (non-hydrogen) atoms. The number of hydrogen-bond acceptors (Lipinski definition) is 6. The van der Waals surface area contributed by atoms with Gasteiger partial charge in [0.15, 0.2) is 23.0 Å². The van der Waals surface area contributed by atoms with Gasteiger partial charge in [-0.05, 0) is 56.7 Å². The first-order valence-corrected chi connectivity index (χ1v) is 11.8. The van der Waals surface area contributed by atoms with Gasteiger partial charge in [-0.3, -0.25) is 9.59 Å². The van der Waals surface area contributed by atoms with Crippen molar-refractivity contribution >= 4 is 29.0 Å². The van der Waals surface area contributed by atoms with Gasteiger partial charge >= 0.3 is 0 Å². The number of hydrogen-bond donors (Lipinski definition) is 3. The lowest BCUT2D eigenvalue weighted by molar-refractivity contribution is -0.125. The Labute approximate surface area is 200 Å². The van der Waals surface area contributed by atoms with E-state index in [1.807, 2.05) is 0 Å². The Bertz CT molecular complexity index is 1360. The Morgan fingerprint density at radius 3 is 2.60 bits per heavy atom. The lowest BCUT2D eigenvalue weighted by Gasteiger charge is -2.20. The molecule has 180 valence electrons. The highest BCUT2D eigenvalue weighted by atomic mass is 19.1. The molecule has 0 atom stereocenters. The van der Waals surface area contributed by atoms with Crippen LogP contribution in [0, 0.1) is 17.2 Å². The minimum Gasteiger partial charge on any atom is -0.434 e. The lowest BCUT2D eigenvalue weighted by atomic mass is 10.0. The van der Waals surface area contributed by atoms with E-state index in [1.54, 1.807) is 24.4 Å². The first-order chi connectivity index (χ1) is 16.9. The maximum absolute atomic E-state index is 14.8. The summed E-state index contributed by atoms with van der Waals surface area (Å²) >= 11 is 0. The Morgan fingerprint density at radius 1 is 1.11 bits per heavy atom. The van der Waals surface area contributed by atoms with E-state index in [4.69, 9.17) is 4.74 Å². The highest BCUT2D eigenvalue weighted by Gasteiger charge is 2.53. The van der Waals surface area contributed by atoms with Crippen molar-refractivity contribution in [2.45, 2.75) is 44.6 Å². The average Bonchev–Trinajstić information content (AvgIpc) is 3.68. The summed E-state index contributed by atoms with van der Waals surface area (Å²) in [6.07, 6.45) is 6.90. The van der Waals surface area contributed by atoms with E-state index in [1.165, 1.54) is 16.6 Å². The summed E-state index contributed by atoms with van der Waals surface area (Å²) in [5.41, 5.74) is 0.969. The zero-order chi connectivity index (χ0) is 24.2. The summed E-state index contributed by atoms with van der Waals surface area (Å²) in [5, 5.41) is 13.2. The molecule has 0 spiro atoms. The number of ether oxygens (including phenoxy) is 1. The third kappa shape index (κ3) is 4.43. The van der Waals surface area contributed by atoms with Gasteiger partial charge in [0, 0.05) is 35.5 Å². The first kappa shape index (κ1) is 21.6. The van der Waals surface area contributed by atoms with Crippen LogP contribution in [0.4, 0.5) is 15.9 Å². The standard InChI is InChI=1S/C25H25FN6O3/c1-14(25(10-11-25)24(34)28-16-4-5-16)27-17-6-7-19(18(26)12-17)35-22-9-8-21-29-20(13-32(21)31-22)30-23(33)15-2-3-15/h6-9,12-13,15-16,27H,1-5,10-11H2,(H,28,34)(H,30,33). The second-order valence-electron chi connectivity index (χ2n) is 9.54. The molecule has 9 nitrogen and oxygen atoms in total. The molecule has 3 aromatic rings. The van der Waals surface area contributed by atoms with Crippen molar-refractivity contribution in [1.29, 1.82) is 0 Å². The Hall–Kier alpha value is -3.95. The summed E-state index contributed by atoms with van der Waals surface area (Å²) < 4.78 is 21.9. The molecule has 3 aliphatic carbocycles. The van der Waals surface area contributed by atoms with Crippen molar-refractivity contribution in [2.24, 2.45) is 11.3 Å². The second kappa shape index (κ2) is 8.07. The normalized spacial score (nSPS) is 18.1. The molecule has 0 aliphatic heterocycles. The van der Waals surface area contributed by atoms with Crippen LogP contribution in [-0.2, 0) is 9.59 Å². The third-order valence-electron chi connectivity index (χ3n) is 6.61. The predicted molar refractivity (Wildman–Crippen MR) is 126 cm³/mol. The number of benzene rings is 1. The molecule has 2 heterocycles. The maximum atomic E-state index is 14.8. The third-order valence-corrected chi connectivity index (χ3v) is 6.61. The Morgan fingerprint density at radius 2 is 1.91 bits per heavy atom. The van der Waals surface area contributed by atoms with Crippen molar-refractivity contribution in [3.05, 3.63) is 54.6 Å². The molecular weight excluding hydrogens is 451 g/mol. The summed E-state index contributed by atoms with van der Waals surface area (Å²) in [6.45, 7) is 4.04. The number of nitrogens with one attached hydrogen (secondary N) is 3. The van der Waals surface area contributed by atoms with E-state index in [0.29, 0.717) is 22.8 Å². The van der Waals surface area contributed by atoms with Crippen LogP contribution in [0.15, 0.2) is 48.8 Å². The highest BCUT2D eigenvalue weighted by molar-refractivity contribution is 5.93. The van der Waals surface area contributed by atoms with Crippen molar-refractivity contribution in [1.82, 2.24) is 19.9 Å². The zero-order valence-electron chi connectivity index (χ0n) is 19.0. The van der Waals surface area contributed by atoms with Gasteiger partial charge in [-0.1, -0.05) is 6.58 Å². The zero-order valence-corrected chi connectivity index (χ0v) is 19.0. The minimum absolute atomic E-state index is 0.00278. The summed E-state index contributed by atoms with van der Waals surface area (Å²) in [6, 6.07) is 8.00. The van der Waals surface area contributed by atoms with Crippen LogP contribution in [0.5, 0.6) is 11.6 Å². The van der Waals surface area contributed by atoms with Crippen molar-refractivity contribution in [3.63, 3.8) is 0 Å². The average molecular weight is 477 g/mol. The molecule has 3 fully saturated rings. The monoisotopic (exact) mass is 476 g/mol. The van der Waals surface area contributed by atoms with E-state index in [0.717, 1.165) is 38.5 Å². The first-order valence-electron chi connectivity index (χ1n) is 11.8. The molecule has 0 saturated heterocycles. The van der Waals surface area contributed by atoms with Gasteiger partial charge in [0.05, 0.1) is 11.6 Å². The second-order valence-corrected chi connectivity index (χ2v) is 9.54. The molecule has 3 saturated carbocycles. The van der Waals surface area contributed by atoms with E-state index in [9.17, 15) is 14.0 Å². The van der Waals surface area contributed by atoms with E-state index >= 15 is 0 Å². The molecule has 3 N–H and O–H groups in total. The number of carbonyl (C=O) groups is 2. The van der Waals surface area contributed by atoms with Gasteiger partial charge < -0.3 is 20.7 Å². The predicted octanol–water partition coefficient (Wildman–Crippen LogP) is 3.99. The molecule has 0 bridgehead atoms. The number of rotatable bonds is 9. The molecule has 6 rings (SSSR count). The maximum Gasteiger partial charge on any atom is 0.237 e. The molecule has 10 heteroatoms. The van der Waals surface area contributed by atoms with E-state index < -0.39 is 11.2 Å². The van der Waals surface area contributed by atoms with Crippen LogP contribution in [-0.4, -0.2) is 32.5 Å². The topological polar surface area (TPSA) is 110 Å². The Balaban J connectivity index is 1.12. The minimum atomic E-state index is -0.616. The van der Waals surface area contributed by atoms with Crippen LogP contribution >= 0.6 is 0 Å². The fourth-order valence-electron chi connectivity index (χ4n) is 3.96. The number of imidazole rings is 1. The van der Waals surface area contributed by atoms with Crippen molar-refractivity contribution in [2.75, 3.05) is 10.6 Å². The number of aromatic nitrogens is 3. The van der Waals surface area contributed by atoms with Crippen LogP contribution in [0.1, 0.15) is 38.5 Å². The molecule has 1 aromatic carbocycles. The fraction of sp³-hybridized carbons (Fsp3) is 0.360. The molecular formula is C25H25FN6O3.